The summed E-state index contributed by atoms with van der Waals surface area (Å²) < 4.78 is 0. The molecule has 0 aliphatic heterocycles. The van der Waals surface area contributed by atoms with E-state index in [-0.39, 0.29) is 0 Å². The molecule has 0 aliphatic carbocycles. The van der Waals surface area contributed by atoms with Gasteiger partial charge in [-0.25, -0.2) is 0 Å². The van der Waals surface area contributed by atoms with E-state index in [0.29, 0.717) is 0 Å². The summed E-state index contributed by atoms with van der Waals surface area (Å²) >= 11 is 0. The SMILES string of the molecule is C(#Cc1cccc2cc3ccccc3cc12)Nc1ccccc1. The van der Waals surface area contributed by atoms with Crippen molar-refractivity contribution in [3.8, 4) is 12.0 Å². The Morgan fingerprint density at radius 2 is 1.30 bits per heavy atom. The van der Waals surface area contributed by atoms with Crippen LogP contribution < -0.4 is 5.32 Å². The van der Waals surface area contributed by atoms with Crippen molar-refractivity contribution in [2.75, 3.05) is 5.32 Å². The van der Waals surface area contributed by atoms with Crippen molar-refractivity contribution >= 4 is 27.2 Å². The van der Waals surface area contributed by atoms with Crippen LogP contribution in [0.1, 0.15) is 5.56 Å². The molecule has 0 unspecified atom stereocenters. The van der Waals surface area contributed by atoms with E-state index in [1.807, 2.05) is 30.3 Å². The van der Waals surface area contributed by atoms with Crippen LogP contribution in [0.3, 0.4) is 0 Å². The first-order chi connectivity index (χ1) is 11.4. The Balaban J connectivity index is 1.77. The summed E-state index contributed by atoms with van der Waals surface area (Å²) in [7, 11) is 0. The third kappa shape index (κ3) is 2.75. The second-order valence-corrected chi connectivity index (χ2v) is 5.47. The van der Waals surface area contributed by atoms with Gasteiger partial charge >= 0.3 is 0 Å². The maximum absolute atomic E-state index is 3.24. The lowest BCUT2D eigenvalue weighted by molar-refractivity contribution is 1.62. The first-order valence-corrected chi connectivity index (χ1v) is 7.64. The molecule has 23 heavy (non-hydrogen) atoms. The quantitative estimate of drug-likeness (QED) is 0.281. The summed E-state index contributed by atoms with van der Waals surface area (Å²) in [6, 6.07) is 32.2. The predicted octanol–water partition coefficient (Wildman–Crippen LogP) is 5.41. The second-order valence-electron chi connectivity index (χ2n) is 5.47. The minimum atomic E-state index is 1.01. The molecule has 0 atom stereocenters. The lowest BCUT2D eigenvalue weighted by Gasteiger charge is -2.04. The van der Waals surface area contributed by atoms with E-state index in [1.165, 1.54) is 21.5 Å². The van der Waals surface area contributed by atoms with E-state index in [0.717, 1.165) is 11.3 Å². The number of hydrogen-bond acceptors (Lipinski definition) is 1. The molecule has 0 radical (unpaired) electrons. The molecule has 1 nitrogen and oxygen atoms in total. The predicted molar refractivity (Wildman–Crippen MR) is 98.4 cm³/mol. The fourth-order valence-electron chi connectivity index (χ4n) is 2.77. The Hall–Kier alpha value is -3.24. The molecule has 0 saturated carbocycles. The number of nitrogens with one attached hydrogen (secondary N) is 1. The fraction of sp³-hybridized carbons (Fsp3) is 0. The van der Waals surface area contributed by atoms with Crippen molar-refractivity contribution in [3.63, 3.8) is 0 Å². The van der Waals surface area contributed by atoms with E-state index in [9.17, 15) is 0 Å². The van der Waals surface area contributed by atoms with Gasteiger partial charge in [0.1, 0.15) is 0 Å². The van der Waals surface area contributed by atoms with Crippen LogP contribution in [-0.2, 0) is 0 Å². The van der Waals surface area contributed by atoms with Crippen LogP contribution in [0.2, 0.25) is 0 Å². The number of rotatable bonds is 1. The number of fused-ring (bicyclic) bond motifs is 2. The van der Waals surface area contributed by atoms with Crippen LogP contribution in [0.5, 0.6) is 0 Å². The molecule has 0 spiro atoms. The fourth-order valence-corrected chi connectivity index (χ4v) is 2.77. The van der Waals surface area contributed by atoms with Gasteiger partial charge in [-0.3, -0.25) is 0 Å². The van der Waals surface area contributed by atoms with Crippen molar-refractivity contribution in [3.05, 3.63) is 90.5 Å². The molecule has 0 aliphatic rings. The Kier molecular flexibility index (Phi) is 3.42. The average Bonchev–Trinajstić information content (AvgIpc) is 2.61. The molecule has 4 aromatic carbocycles. The maximum Gasteiger partial charge on any atom is 0.0459 e. The van der Waals surface area contributed by atoms with Gasteiger partial charge in [0.25, 0.3) is 0 Å². The third-order valence-corrected chi connectivity index (χ3v) is 3.92. The van der Waals surface area contributed by atoms with E-state index in [4.69, 9.17) is 0 Å². The van der Waals surface area contributed by atoms with Crippen LogP contribution in [0.25, 0.3) is 21.5 Å². The number of benzene rings is 4. The highest BCUT2D eigenvalue weighted by Gasteiger charge is 2.01. The summed E-state index contributed by atoms with van der Waals surface area (Å²) in [6.45, 7) is 0. The van der Waals surface area contributed by atoms with Crippen LogP contribution in [0, 0.1) is 12.0 Å². The maximum atomic E-state index is 3.24. The molecular weight excluding hydrogens is 278 g/mol. The zero-order chi connectivity index (χ0) is 15.5. The Morgan fingerprint density at radius 3 is 2.13 bits per heavy atom. The van der Waals surface area contributed by atoms with Gasteiger partial charge in [0.05, 0.1) is 0 Å². The first-order valence-electron chi connectivity index (χ1n) is 7.64. The number of hydrogen-bond donors (Lipinski definition) is 1. The minimum Gasteiger partial charge on any atom is -0.315 e. The van der Waals surface area contributed by atoms with Gasteiger partial charge in [-0.15, -0.1) is 0 Å². The van der Waals surface area contributed by atoms with Gasteiger partial charge in [0.2, 0.25) is 0 Å². The molecule has 4 aromatic rings. The number of para-hydroxylation sites is 1. The van der Waals surface area contributed by atoms with Gasteiger partial charge in [0.15, 0.2) is 0 Å². The largest absolute Gasteiger partial charge is 0.315 e. The van der Waals surface area contributed by atoms with Crippen LogP contribution in [0.15, 0.2) is 84.9 Å². The molecule has 0 amide bonds. The molecule has 0 heterocycles. The van der Waals surface area contributed by atoms with Crippen LogP contribution >= 0.6 is 0 Å². The van der Waals surface area contributed by atoms with Crippen molar-refractivity contribution in [1.82, 2.24) is 0 Å². The molecule has 108 valence electrons. The van der Waals surface area contributed by atoms with Gasteiger partial charge in [-0.05, 0) is 57.8 Å². The van der Waals surface area contributed by atoms with E-state index in [2.05, 4.69) is 71.9 Å². The molecule has 4 rings (SSSR count). The minimum absolute atomic E-state index is 1.01. The highest BCUT2D eigenvalue weighted by molar-refractivity contribution is 6.00. The third-order valence-electron chi connectivity index (χ3n) is 3.92. The van der Waals surface area contributed by atoms with Crippen LogP contribution in [0.4, 0.5) is 5.69 Å². The highest BCUT2D eigenvalue weighted by Crippen LogP contribution is 2.25. The Morgan fingerprint density at radius 1 is 0.609 bits per heavy atom. The highest BCUT2D eigenvalue weighted by atomic mass is 14.8. The molecule has 0 fully saturated rings. The summed E-state index contributed by atoms with van der Waals surface area (Å²) in [6.07, 6.45) is 0. The molecule has 1 heteroatoms. The van der Waals surface area contributed by atoms with Gasteiger partial charge in [-0.2, -0.15) is 0 Å². The summed E-state index contributed by atoms with van der Waals surface area (Å²) in [5, 5.41) is 8.04. The lowest BCUT2D eigenvalue weighted by Crippen LogP contribution is -1.88. The second kappa shape index (κ2) is 5.87. The monoisotopic (exact) mass is 293 g/mol. The standard InChI is InChI=1S/C22H15N/c1-2-11-21(12-3-1)23-14-13-17-9-6-10-20-15-18-7-4-5-8-19(18)16-22(17)20/h1-12,15-16,23H. The smallest absolute Gasteiger partial charge is 0.0459 e. The molecule has 0 bridgehead atoms. The normalized spacial score (nSPS) is 10.3. The Bertz CT molecular complexity index is 1040. The zero-order valence-corrected chi connectivity index (χ0v) is 12.6. The molecular formula is C22H15N. The van der Waals surface area contributed by atoms with Crippen molar-refractivity contribution < 1.29 is 0 Å². The van der Waals surface area contributed by atoms with E-state index >= 15 is 0 Å². The molecule has 0 saturated heterocycles. The van der Waals surface area contributed by atoms with E-state index in [1.54, 1.807) is 0 Å². The number of anilines is 1. The molecule has 1 N–H and O–H groups in total. The summed E-state index contributed by atoms with van der Waals surface area (Å²) in [4.78, 5) is 0. The first kappa shape index (κ1) is 13.4. The molecule has 0 aromatic heterocycles. The van der Waals surface area contributed by atoms with Crippen molar-refractivity contribution in [2.45, 2.75) is 0 Å². The average molecular weight is 293 g/mol. The zero-order valence-electron chi connectivity index (χ0n) is 12.6. The van der Waals surface area contributed by atoms with Crippen molar-refractivity contribution in [2.24, 2.45) is 0 Å². The van der Waals surface area contributed by atoms with Gasteiger partial charge < -0.3 is 5.32 Å². The van der Waals surface area contributed by atoms with Crippen molar-refractivity contribution in [1.29, 1.82) is 0 Å². The summed E-state index contributed by atoms with van der Waals surface area (Å²) in [5.41, 5.74) is 2.04. The van der Waals surface area contributed by atoms with E-state index < -0.39 is 0 Å². The topological polar surface area (TPSA) is 12.0 Å². The van der Waals surface area contributed by atoms with Gasteiger partial charge in [-0.1, -0.05) is 54.6 Å². The Labute approximate surface area is 135 Å². The van der Waals surface area contributed by atoms with Crippen LogP contribution in [-0.4, -0.2) is 0 Å². The van der Waals surface area contributed by atoms with Gasteiger partial charge in [0, 0.05) is 17.3 Å². The summed E-state index contributed by atoms with van der Waals surface area (Å²) in [5.74, 6) is 3.24. The lowest BCUT2D eigenvalue weighted by atomic mass is 10.00.